The van der Waals surface area contributed by atoms with E-state index in [1.165, 1.54) is 6.08 Å². The molecule has 0 spiro atoms. The minimum atomic E-state index is -0.209. The van der Waals surface area contributed by atoms with E-state index in [1.807, 2.05) is 30.3 Å². The molecule has 1 aliphatic rings. The molecule has 0 fully saturated rings. The van der Waals surface area contributed by atoms with Gasteiger partial charge in [0.1, 0.15) is 5.75 Å². The number of benzene rings is 2. The molecule has 3 rings (SSSR count). The van der Waals surface area contributed by atoms with Crippen LogP contribution in [0.5, 0.6) is 17.2 Å². The van der Waals surface area contributed by atoms with Gasteiger partial charge in [-0.15, -0.1) is 0 Å². The zero-order chi connectivity index (χ0) is 18.4. The summed E-state index contributed by atoms with van der Waals surface area (Å²) in [5, 5.41) is 3.31. The van der Waals surface area contributed by atoms with Gasteiger partial charge < -0.3 is 19.5 Å². The summed E-state index contributed by atoms with van der Waals surface area (Å²) < 4.78 is 16.5. The van der Waals surface area contributed by atoms with Gasteiger partial charge in [-0.05, 0) is 29.8 Å². The molecule has 1 heterocycles. The van der Waals surface area contributed by atoms with Crippen LogP contribution in [0.4, 0.5) is 0 Å². The number of amides is 1. The van der Waals surface area contributed by atoms with Gasteiger partial charge in [-0.2, -0.15) is 0 Å². The van der Waals surface area contributed by atoms with Crippen molar-refractivity contribution < 1.29 is 19.0 Å². The number of hydrogen-bond donors (Lipinski definition) is 1. The van der Waals surface area contributed by atoms with Crippen molar-refractivity contribution in [2.45, 2.75) is 13.0 Å². The minimum Gasteiger partial charge on any atom is -0.496 e. The van der Waals surface area contributed by atoms with E-state index in [-0.39, 0.29) is 5.91 Å². The van der Waals surface area contributed by atoms with E-state index in [4.69, 9.17) is 25.8 Å². The van der Waals surface area contributed by atoms with Crippen molar-refractivity contribution in [3.63, 3.8) is 0 Å². The molecular weight excluding hydrogens is 354 g/mol. The third-order valence-corrected chi connectivity index (χ3v) is 4.18. The Kier molecular flexibility index (Phi) is 6.02. The SMILES string of the molecule is COc1ccccc1CNC(=O)C=Cc1cc(Cl)c2c(c1)OCCCO2. The Morgan fingerprint density at radius 1 is 1.27 bits per heavy atom. The van der Waals surface area contributed by atoms with Crippen LogP contribution in [-0.4, -0.2) is 26.2 Å². The van der Waals surface area contributed by atoms with Crippen LogP contribution < -0.4 is 19.5 Å². The van der Waals surface area contributed by atoms with Gasteiger partial charge in [-0.3, -0.25) is 4.79 Å². The van der Waals surface area contributed by atoms with Gasteiger partial charge in [0.15, 0.2) is 11.5 Å². The molecule has 0 saturated carbocycles. The van der Waals surface area contributed by atoms with Crippen molar-refractivity contribution in [1.29, 1.82) is 0 Å². The van der Waals surface area contributed by atoms with E-state index in [0.29, 0.717) is 36.3 Å². The molecule has 1 amide bonds. The maximum absolute atomic E-state index is 12.1. The van der Waals surface area contributed by atoms with Crippen LogP contribution in [0.25, 0.3) is 6.08 Å². The number of hydrogen-bond acceptors (Lipinski definition) is 4. The highest BCUT2D eigenvalue weighted by molar-refractivity contribution is 6.32. The Labute approximate surface area is 157 Å². The number of carbonyl (C=O) groups excluding carboxylic acids is 1. The Morgan fingerprint density at radius 2 is 2.08 bits per heavy atom. The highest BCUT2D eigenvalue weighted by Gasteiger charge is 2.15. The number of fused-ring (bicyclic) bond motifs is 1. The van der Waals surface area contributed by atoms with E-state index in [9.17, 15) is 4.79 Å². The van der Waals surface area contributed by atoms with Crippen LogP contribution in [0.2, 0.25) is 5.02 Å². The quantitative estimate of drug-likeness (QED) is 0.809. The van der Waals surface area contributed by atoms with Gasteiger partial charge in [0, 0.05) is 24.6 Å². The van der Waals surface area contributed by atoms with Crippen LogP contribution in [0.3, 0.4) is 0 Å². The lowest BCUT2D eigenvalue weighted by Crippen LogP contribution is -2.20. The molecule has 1 N–H and O–H groups in total. The number of ether oxygens (including phenoxy) is 3. The Balaban J connectivity index is 1.65. The third-order valence-electron chi connectivity index (χ3n) is 3.90. The predicted molar refractivity (Wildman–Crippen MR) is 101 cm³/mol. The van der Waals surface area contributed by atoms with Gasteiger partial charge in [0.2, 0.25) is 5.91 Å². The summed E-state index contributed by atoms with van der Waals surface area (Å²) in [7, 11) is 1.61. The first-order valence-electron chi connectivity index (χ1n) is 8.34. The van der Waals surface area contributed by atoms with Gasteiger partial charge in [0.05, 0.1) is 25.3 Å². The van der Waals surface area contributed by atoms with Gasteiger partial charge in [-0.25, -0.2) is 0 Å². The van der Waals surface area contributed by atoms with Crippen molar-refractivity contribution in [2.24, 2.45) is 0 Å². The molecule has 0 radical (unpaired) electrons. The van der Waals surface area contributed by atoms with E-state index in [0.717, 1.165) is 23.3 Å². The molecule has 0 bridgehead atoms. The fourth-order valence-corrected chi connectivity index (χ4v) is 2.88. The summed E-state index contributed by atoms with van der Waals surface area (Å²) >= 11 is 6.26. The lowest BCUT2D eigenvalue weighted by Gasteiger charge is -2.10. The summed E-state index contributed by atoms with van der Waals surface area (Å²) in [5.74, 6) is 1.69. The second-order valence-corrected chi connectivity index (χ2v) is 6.15. The summed E-state index contributed by atoms with van der Waals surface area (Å²) in [6, 6.07) is 11.1. The Morgan fingerprint density at radius 3 is 2.92 bits per heavy atom. The van der Waals surface area contributed by atoms with Crippen molar-refractivity contribution >= 4 is 23.6 Å². The Bertz CT molecular complexity index is 819. The fourth-order valence-electron chi connectivity index (χ4n) is 2.61. The number of nitrogens with one attached hydrogen (secondary N) is 1. The molecule has 6 heteroatoms. The van der Waals surface area contributed by atoms with Gasteiger partial charge in [0.25, 0.3) is 0 Å². The topological polar surface area (TPSA) is 56.8 Å². The third kappa shape index (κ3) is 4.49. The Hall–Kier alpha value is -2.66. The van der Waals surface area contributed by atoms with Crippen molar-refractivity contribution in [1.82, 2.24) is 5.32 Å². The molecule has 136 valence electrons. The van der Waals surface area contributed by atoms with Gasteiger partial charge >= 0.3 is 0 Å². The van der Waals surface area contributed by atoms with Crippen molar-refractivity contribution in [2.75, 3.05) is 20.3 Å². The molecule has 0 aromatic heterocycles. The maximum Gasteiger partial charge on any atom is 0.244 e. The summed E-state index contributed by atoms with van der Waals surface area (Å²) in [4.78, 5) is 12.1. The number of carbonyl (C=O) groups is 1. The molecule has 1 aliphatic heterocycles. The van der Waals surface area contributed by atoms with Crippen LogP contribution in [-0.2, 0) is 11.3 Å². The van der Waals surface area contributed by atoms with Crippen LogP contribution in [0, 0.1) is 0 Å². The summed E-state index contributed by atoms with van der Waals surface area (Å²) in [6.07, 6.45) is 3.96. The van der Waals surface area contributed by atoms with Crippen LogP contribution >= 0.6 is 11.6 Å². The van der Waals surface area contributed by atoms with Crippen LogP contribution in [0.15, 0.2) is 42.5 Å². The number of methoxy groups -OCH3 is 1. The molecule has 5 nitrogen and oxygen atoms in total. The molecular formula is C20H20ClNO4. The molecule has 0 saturated heterocycles. The number of rotatable bonds is 5. The minimum absolute atomic E-state index is 0.209. The number of halogens is 1. The summed E-state index contributed by atoms with van der Waals surface area (Å²) in [5.41, 5.74) is 1.68. The zero-order valence-electron chi connectivity index (χ0n) is 14.5. The average Bonchev–Trinajstić information content (AvgIpc) is 2.91. The first kappa shape index (κ1) is 18.1. The second kappa shape index (κ2) is 8.63. The molecule has 26 heavy (non-hydrogen) atoms. The largest absolute Gasteiger partial charge is 0.496 e. The maximum atomic E-state index is 12.1. The van der Waals surface area contributed by atoms with E-state index in [1.54, 1.807) is 19.3 Å². The monoisotopic (exact) mass is 373 g/mol. The molecule has 0 aliphatic carbocycles. The lowest BCUT2D eigenvalue weighted by molar-refractivity contribution is -0.116. The molecule has 0 unspecified atom stereocenters. The first-order chi connectivity index (χ1) is 12.7. The highest BCUT2D eigenvalue weighted by atomic mass is 35.5. The first-order valence-corrected chi connectivity index (χ1v) is 8.72. The normalized spacial score (nSPS) is 13.3. The van der Waals surface area contributed by atoms with Crippen molar-refractivity contribution in [3.8, 4) is 17.2 Å². The number of para-hydroxylation sites is 1. The standard InChI is InChI=1S/C20H20ClNO4/c1-24-17-6-3-2-5-15(17)13-22-19(23)8-7-14-11-16(21)20-18(12-14)25-9-4-10-26-20/h2-3,5-8,11-12H,4,9-10,13H2,1H3,(H,22,23). The van der Waals surface area contributed by atoms with Crippen molar-refractivity contribution in [3.05, 3.63) is 58.6 Å². The fraction of sp³-hybridized carbons (Fsp3) is 0.250. The molecule has 2 aromatic rings. The average molecular weight is 374 g/mol. The zero-order valence-corrected chi connectivity index (χ0v) is 15.2. The molecule has 2 aromatic carbocycles. The summed E-state index contributed by atoms with van der Waals surface area (Å²) in [6.45, 7) is 1.54. The van der Waals surface area contributed by atoms with Crippen LogP contribution in [0.1, 0.15) is 17.5 Å². The van der Waals surface area contributed by atoms with Gasteiger partial charge in [-0.1, -0.05) is 29.8 Å². The van der Waals surface area contributed by atoms with E-state index < -0.39 is 0 Å². The predicted octanol–water partition coefficient (Wildman–Crippen LogP) is 3.84. The van der Waals surface area contributed by atoms with E-state index >= 15 is 0 Å². The smallest absolute Gasteiger partial charge is 0.244 e. The highest BCUT2D eigenvalue weighted by Crippen LogP contribution is 2.38. The second-order valence-electron chi connectivity index (χ2n) is 5.74. The van der Waals surface area contributed by atoms with E-state index in [2.05, 4.69) is 5.32 Å². The lowest BCUT2D eigenvalue weighted by atomic mass is 10.1. The molecule has 0 atom stereocenters.